The second-order valence-corrected chi connectivity index (χ2v) is 13.5. The Hall–Kier alpha value is -4.73. The van der Waals surface area contributed by atoms with Crippen LogP contribution < -0.4 is 19.8 Å². The minimum absolute atomic E-state index is 0.102. The van der Waals surface area contributed by atoms with E-state index in [4.69, 9.17) is 0 Å². The van der Waals surface area contributed by atoms with Gasteiger partial charge in [0.1, 0.15) is 10.7 Å². The van der Waals surface area contributed by atoms with Gasteiger partial charge in [0, 0.05) is 43.5 Å². The molecular formula is C37H35FN4O3S. The Morgan fingerprint density at radius 2 is 1.46 bits per heavy atom. The molecule has 2 N–H and O–H groups in total. The first-order valence-corrected chi connectivity index (χ1v) is 17.1. The van der Waals surface area contributed by atoms with E-state index in [0.29, 0.717) is 55.2 Å². The van der Waals surface area contributed by atoms with Gasteiger partial charge in [-0.25, -0.2) is 17.5 Å². The van der Waals surface area contributed by atoms with Crippen LogP contribution in [0.4, 0.5) is 21.5 Å². The molecule has 7 rings (SSSR count). The molecule has 1 saturated heterocycles. The highest BCUT2D eigenvalue weighted by atomic mass is 32.2. The first kappa shape index (κ1) is 30.0. The van der Waals surface area contributed by atoms with Crippen LogP contribution in [0.25, 0.3) is 10.8 Å². The van der Waals surface area contributed by atoms with Crippen LogP contribution in [0.1, 0.15) is 40.4 Å². The van der Waals surface area contributed by atoms with Crippen molar-refractivity contribution < 1.29 is 17.6 Å². The molecule has 9 heteroatoms. The molecule has 5 aromatic rings. The lowest BCUT2D eigenvalue weighted by Gasteiger charge is -2.38. The van der Waals surface area contributed by atoms with E-state index in [1.54, 1.807) is 36.4 Å². The highest BCUT2D eigenvalue weighted by Gasteiger charge is 2.30. The molecule has 5 aromatic carbocycles. The molecule has 0 saturated carbocycles. The summed E-state index contributed by atoms with van der Waals surface area (Å²) in [7, 11) is -4.03. The van der Waals surface area contributed by atoms with Crippen LogP contribution in [0, 0.1) is 5.82 Å². The summed E-state index contributed by atoms with van der Waals surface area (Å²) < 4.78 is 46.1. The van der Waals surface area contributed by atoms with E-state index in [2.05, 4.69) is 16.1 Å². The first-order valence-electron chi connectivity index (χ1n) is 15.7. The highest BCUT2D eigenvalue weighted by molar-refractivity contribution is 7.89. The summed E-state index contributed by atoms with van der Waals surface area (Å²) in [6.07, 6.45) is 2.50. The van der Waals surface area contributed by atoms with E-state index in [0.717, 1.165) is 34.7 Å². The van der Waals surface area contributed by atoms with Crippen molar-refractivity contribution in [1.82, 2.24) is 4.72 Å². The van der Waals surface area contributed by atoms with Crippen molar-refractivity contribution in [2.75, 3.05) is 41.3 Å². The third-order valence-electron chi connectivity index (χ3n) is 9.02. The molecule has 1 amide bonds. The van der Waals surface area contributed by atoms with Gasteiger partial charge in [-0.3, -0.25) is 4.79 Å². The summed E-state index contributed by atoms with van der Waals surface area (Å²) in [5.41, 5.74) is 4.13. The Bertz CT molecular complexity index is 2020. The number of hydrogen-bond acceptors (Lipinski definition) is 5. The van der Waals surface area contributed by atoms with Gasteiger partial charge in [-0.15, -0.1) is 0 Å². The number of amides is 1. The van der Waals surface area contributed by atoms with E-state index >= 15 is 0 Å². The summed E-state index contributed by atoms with van der Waals surface area (Å²) >= 11 is 0. The van der Waals surface area contributed by atoms with Crippen molar-refractivity contribution in [3.05, 3.63) is 132 Å². The van der Waals surface area contributed by atoms with Gasteiger partial charge >= 0.3 is 0 Å². The monoisotopic (exact) mass is 634 g/mol. The Morgan fingerprint density at radius 1 is 0.761 bits per heavy atom. The van der Waals surface area contributed by atoms with E-state index < -0.39 is 10.0 Å². The van der Waals surface area contributed by atoms with Gasteiger partial charge < -0.3 is 15.1 Å². The fourth-order valence-corrected chi connectivity index (χ4v) is 8.21. The third-order valence-corrected chi connectivity index (χ3v) is 10.5. The van der Waals surface area contributed by atoms with E-state index in [1.807, 2.05) is 70.5 Å². The third kappa shape index (κ3) is 5.96. The standard InChI is InChI=1S/C37H35FN4O3S/c38-32-16-5-6-18-34(32)41-21-23-42(24-22-41)35-20-19-28(39-37(43)31-15-7-11-26-9-1-3-13-29(26)31)25-36(35)46(44,45)40-33-17-8-12-27-10-2-4-14-30(27)33/h1-7,9-11,13-16,18-20,25,33,40H,8,12,17,21-24H2,(H,39,43). The number of nitrogens with zero attached hydrogens (tertiary/aromatic N) is 2. The molecule has 1 aliphatic heterocycles. The van der Waals surface area contributed by atoms with Crippen LogP contribution in [-0.4, -0.2) is 40.5 Å². The molecule has 2 aliphatic rings. The van der Waals surface area contributed by atoms with Crippen molar-refractivity contribution in [2.24, 2.45) is 0 Å². The van der Waals surface area contributed by atoms with Crippen LogP contribution >= 0.6 is 0 Å². The number of nitrogens with one attached hydrogen (secondary N) is 2. The first-order chi connectivity index (χ1) is 22.4. The average molecular weight is 635 g/mol. The van der Waals surface area contributed by atoms with Gasteiger partial charge in [0.15, 0.2) is 0 Å². The van der Waals surface area contributed by atoms with E-state index in [-0.39, 0.29) is 22.7 Å². The number of carbonyl (C=O) groups excluding carboxylic acids is 1. The smallest absolute Gasteiger partial charge is 0.256 e. The quantitative estimate of drug-likeness (QED) is 0.203. The number of carbonyl (C=O) groups is 1. The minimum atomic E-state index is -4.03. The van der Waals surface area contributed by atoms with E-state index in [1.165, 1.54) is 6.07 Å². The second-order valence-electron chi connectivity index (χ2n) is 11.9. The molecule has 0 radical (unpaired) electrons. The molecule has 46 heavy (non-hydrogen) atoms. The fraction of sp³-hybridized carbons (Fsp3) is 0.216. The second kappa shape index (κ2) is 12.6. The number of halogens is 1. The summed E-state index contributed by atoms with van der Waals surface area (Å²) in [5, 5.41) is 4.71. The number of rotatable bonds is 7. The van der Waals surface area contributed by atoms with E-state index in [9.17, 15) is 17.6 Å². The van der Waals surface area contributed by atoms with Crippen LogP contribution in [-0.2, 0) is 16.4 Å². The van der Waals surface area contributed by atoms with Gasteiger partial charge in [-0.2, -0.15) is 0 Å². The van der Waals surface area contributed by atoms with Crippen molar-refractivity contribution in [3.63, 3.8) is 0 Å². The van der Waals surface area contributed by atoms with Crippen LogP contribution in [0.15, 0.2) is 114 Å². The largest absolute Gasteiger partial charge is 0.367 e. The van der Waals surface area contributed by atoms with Crippen LogP contribution in [0.3, 0.4) is 0 Å². The molecular weight excluding hydrogens is 599 g/mol. The maximum Gasteiger partial charge on any atom is 0.256 e. The number of sulfonamides is 1. The zero-order chi connectivity index (χ0) is 31.7. The number of piperazine rings is 1. The Kier molecular flexibility index (Phi) is 8.19. The Morgan fingerprint density at radius 3 is 2.28 bits per heavy atom. The number of para-hydroxylation sites is 1. The van der Waals surface area contributed by atoms with Gasteiger partial charge in [0.25, 0.3) is 5.91 Å². The Labute approximate surface area is 268 Å². The highest BCUT2D eigenvalue weighted by Crippen LogP contribution is 2.35. The zero-order valence-electron chi connectivity index (χ0n) is 25.3. The predicted octanol–water partition coefficient (Wildman–Crippen LogP) is 6.91. The molecule has 0 bridgehead atoms. The average Bonchev–Trinajstić information content (AvgIpc) is 3.08. The molecule has 1 heterocycles. The molecule has 234 valence electrons. The molecule has 1 aliphatic carbocycles. The summed E-state index contributed by atoms with van der Waals surface area (Å²) in [5.74, 6) is -0.594. The zero-order valence-corrected chi connectivity index (χ0v) is 26.1. The lowest BCUT2D eigenvalue weighted by Crippen LogP contribution is -2.47. The molecule has 1 unspecified atom stereocenters. The van der Waals surface area contributed by atoms with Gasteiger partial charge in [-0.05, 0) is 77.6 Å². The van der Waals surface area contributed by atoms with Crippen molar-refractivity contribution in [2.45, 2.75) is 30.2 Å². The predicted molar refractivity (Wildman–Crippen MR) is 182 cm³/mol. The molecule has 0 spiro atoms. The van der Waals surface area contributed by atoms with Crippen molar-refractivity contribution in [3.8, 4) is 0 Å². The number of aryl methyl sites for hydroxylation is 1. The Balaban J connectivity index is 1.21. The number of benzene rings is 5. The maximum absolute atomic E-state index is 14.5. The minimum Gasteiger partial charge on any atom is -0.367 e. The van der Waals surface area contributed by atoms with Gasteiger partial charge in [-0.1, -0.05) is 72.8 Å². The molecule has 7 nitrogen and oxygen atoms in total. The van der Waals surface area contributed by atoms with Gasteiger partial charge in [0.05, 0.1) is 11.4 Å². The number of fused-ring (bicyclic) bond motifs is 2. The lowest BCUT2D eigenvalue weighted by molar-refractivity contribution is 0.102. The SMILES string of the molecule is O=C(Nc1ccc(N2CCN(c3ccccc3F)CC2)c(S(=O)(=O)NC2CCCc3ccccc32)c1)c1cccc2ccccc12. The number of anilines is 3. The molecule has 0 aromatic heterocycles. The topological polar surface area (TPSA) is 81.8 Å². The van der Waals surface area contributed by atoms with Crippen LogP contribution in [0.5, 0.6) is 0 Å². The van der Waals surface area contributed by atoms with Crippen molar-refractivity contribution >= 4 is 43.8 Å². The maximum atomic E-state index is 14.5. The number of hydrogen-bond donors (Lipinski definition) is 2. The summed E-state index contributed by atoms with van der Waals surface area (Å²) in [6.45, 7) is 2.07. The fourth-order valence-electron chi connectivity index (χ4n) is 6.71. The van der Waals surface area contributed by atoms with Gasteiger partial charge in [0.2, 0.25) is 10.0 Å². The summed E-state index contributed by atoms with van der Waals surface area (Å²) in [4.78, 5) is 17.6. The lowest BCUT2D eigenvalue weighted by atomic mass is 9.88. The summed E-state index contributed by atoms with van der Waals surface area (Å²) in [6, 6.07) is 32.6. The molecule has 1 atom stereocenters. The van der Waals surface area contributed by atoms with Crippen LogP contribution in [0.2, 0.25) is 0 Å². The molecule has 1 fully saturated rings. The van der Waals surface area contributed by atoms with Crippen molar-refractivity contribution in [1.29, 1.82) is 0 Å². The normalized spacial score (nSPS) is 16.7.